The minimum atomic E-state index is -0.107. The summed E-state index contributed by atoms with van der Waals surface area (Å²) in [6.45, 7) is 4.50. The van der Waals surface area contributed by atoms with Crippen molar-refractivity contribution in [2.75, 3.05) is 19.6 Å². The Morgan fingerprint density at radius 1 is 1.21 bits per heavy atom. The van der Waals surface area contributed by atoms with Crippen LogP contribution in [0.1, 0.15) is 65.4 Å². The van der Waals surface area contributed by atoms with Gasteiger partial charge in [-0.2, -0.15) is 0 Å². The van der Waals surface area contributed by atoms with Gasteiger partial charge in [0.2, 0.25) is 0 Å². The number of aryl methyl sites for hydroxylation is 2. The summed E-state index contributed by atoms with van der Waals surface area (Å²) in [6, 6.07) is 6.61. The second-order valence-electron chi connectivity index (χ2n) is 8.33. The summed E-state index contributed by atoms with van der Waals surface area (Å²) < 4.78 is 1.81. The Hall–Kier alpha value is -1.92. The maximum Gasteiger partial charge on any atom is 0.263 e. The van der Waals surface area contributed by atoms with Crippen LogP contribution in [0.2, 0.25) is 0 Å². The van der Waals surface area contributed by atoms with E-state index >= 15 is 0 Å². The van der Waals surface area contributed by atoms with E-state index in [-0.39, 0.29) is 23.6 Å². The van der Waals surface area contributed by atoms with Crippen molar-refractivity contribution >= 4 is 17.2 Å². The molecule has 2 aliphatic rings. The van der Waals surface area contributed by atoms with E-state index in [0.29, 0.717) is 5.56 Å². The number of piperidine rings is 2. The smallest absolute Gasteiger partial charge is 0.263 e. The van der Waals surface area contributed by atoms with E-state index in [2.05, 4.69) is 22.8 Å². The van der Waals surface area contributed by atoms with Crippen molar-refractivity contribution in [1.82, 2.24) is 14.8 Å². The summed E-state index contributed by atoms with van der Waals surface area (Å²) in [5.41, 5.74) is 1.08. The summed E-state index contributed by atoms with van der Waals surface area (Å²) in [5.74, 6) is -0.0633. The summed E-state index contributed by atoms with van der Waals surface area (Å²) >= 11 is 1.78. The molecule has 29 heavy (non-hydrogen) atoms. The van der Waals surface area contributed by atoms with Crippen molar-refractivity contribution < 1.29 is 4.79 Å². The van der Waals surface area contributed by atoms with Gasteiger partial charge in [0.15, 0.2) is 0 Å². The number of amides is 1. The van der Waals surface area contributed by atoms with E-state index in [1.807, 2.05) is 28.7 Å². The van der Waals surface area contributed by atoms with Crippen LogP contribution in [0.5, 0.6) is 0 Å². The van der Waals surface area contributed by atoms with E-state index in [1.165, 1.54) is 4.88 Å². The molecule has 2 aromatic rings. The Balaban J connectivity index is 1.57. The molecule has 0 radical (unpaired) electrons. The zero-order valence-corrected chi connectivity index (χ0v) is 18.0. The van der Waals surface area contributed by atoms with Gasteiger partial charge in [0.1, 0.15) is 5.56 Å². The third-order valence-electron chi connectivity index (χ3n) is 6.44. The predicted molar refractivity (Wildman–Crippen MR) is 118 cm³/mol. The Bertz CT molecular complexity index is 884. The highest BCUT2D eigenvalue weighted by Gasteiger charge is 2.30. The Labute approximate surface area is 176 Å². The highest BCUT2D eigenvalue weighted by atomic mass is 32.1. The van der Waals surface area contributed by atoms with Gasteiger partial charge in [0, 0.05) is 29.7 Å². The molecule has 0 saturated carbocycles. The molecular formula is C23H31N3O2S. The Kier molecular flexibility index (Phi) is 6.50. The lowest BCUT2D eigenvalue weighted by molar-refractivity contribution is 0.0598. The maximum absolute atomic E-state index is 13.6. The van der Waals surface area contributed by atoms with Crippen molar-refractivity contribution in [3.8, 4) is 0 Å². The maximum atomic E-state index is 13.6. The van der Waals surface area contributed by atoms with E-state index in [1.54, 1.807) is 11.3 Å². The summed E-state index contributed by atoms with van der Waals surface area (Å²) in [7, 11) is 0. The molecule has 2 saturated heterocycles. The lowest BCUT2D eigenvalue weighted by Crippen LogP contribution is -2.47. The largest absolute Gasteiger partial charge is 0.335 e. The first-order valence-electron chi connectivity index (χ1n) is 10.9. The quantitative estimate of drug-likeness (QED) is 0.812. The lowest BCUT2D eigenvalue weighted by atomic mass is 9.96. The molecule has 2 aromatic heterocycles. The number of thiophene rings is 1. The van der Waals surface area contributed by atoms with Gasteiger partial charge < -0.3 is 14.8 Å². The third-order valence-corrected chi connectivity index (χ3v) is 7.37. The molecule has 6 heteroatoms. The zero-order chi connectivity index (χ0) is 20.2. The number of carbonyl (C=O) groups excluding carboxylic acids is 1. The standard InChI is InChI=1S/C23H31N3O2S/c1-17-11-15-26(19-9-12-24-13-10-19)23(28)21(17)22(27)25-14-3-2-5-18(25)7-8-20-6-4-16-29-20/h4,6,11,15-16,18-19,24H,2-3,5,7-10,12-14H2,1H3. The molecule has 1 amide bonds. The SMILES string of the molecule is Cc1ccn(C2CCNCC2)c(=O)c1C(=O)N1CCCCC1CCc1cccs1. The van der Waals surface area contributed by atoms with Gasteiger partial charge in [0.25, 0.3) is 11.5 Å². The van der Waals surface area contributed by atoms with Crippen LogP contribution in [0.3, 0.4) is 0 Å². The summed E-state index contributed by atoms with van der Waals surface area (Å²) in [6.07, 6.45) is 8.94. The normalized spacial score (nSPS) is 20.7. The molecule has 1 unspecified atom stereocenters. The molecule has 0 spiro atoms. The molecule has 1 N–H and O–H groups in total. The van der Waals surface area contributed by atoms with Crippen molar-refractivity contribution in [3.63, 3.8) is 0 Å². The average Bonchev–Trinajstić information content (AvgIpc) is 3.27. The lowest BCUT2D eigenvalue weighted by Gasteiger charge is -2.36. The molecule has 1 atom stereocenters. The number of likely N-dealkylation sites (tertiary alicyclic amines) is 1. The van der Waals surface area contributed by atoms with Gasteiger partial charge in [-0.15, -0.1) is 11.3 Å². The molecule has 4 heterocycles. The van der Waals surface area contributed by atoms with Crippen molar-refractivity contribution in [1.29, 1.82) is 0 Å². The Morgan fingerprint density at radius 2 is 2.03 bits per heavy atom. The number of carbonyl (C=O) groups is 1. The van der Waals surface area contributed by atoms with Crippen molar-refractivity contribution in [2.45, 2.75) is 64.0 Å². The van der Waals surface area contributed by atoms with E-state index in [0.717, 1.165) is 70.1 Å². The van der Waals surface area contributed by atoms with Gasteiger partial charge in [-0.25, -0.2) is 0 Å². The number of aromatic nitrogens is 1. The number of rotatable bonds is 5. The molecular weight excluding hydrogens is 382 g/mol. The predicted octanol–water partition coefficient (Wildman–Crippen LogP) is 3.77. The highest BCUT2D eigenvalue weighted by Crippen LogP contribution is 2.25. The van der Waals surface area contributed by atoms with Crippen molar-refractivity contribution in [2.24, 2.45) is 0 Å². The number of nitrogens with one attached hydrogen (secondary N) is 1. The van der Waals surface area contributed by atoms with Crippen LogP contribution in [0.4, 0.5) is 0 Å². The molecule has 0 aromatic carbocycles. The van der Waals surface area contributed by atoms with Gasteiger partial charge in [-0.1, -0.05) is 6.07 Å². The monoisotopic (exact) mass is 413 g/mol. The summed E-state index contributed by atoms with van der Waals surface area (Å²) in [4.78, 5) is 30.2. The molecule has 2 fully saturated rings. The van der Waals surface area contributed by atoms with Gasteiger partial charge in [0.05, 0.1) is 0 Å². The average molecular weight is 414 g/mol. The van der Waals surface area contributed by atoms with E-state index in [9.17, 15) is 9.59 Å². The Morgan fingerprint density at radius 3 is 2.79 bits per heavy atom. The van der Waals surface area contributed by atoms with Crippen molar-refractivity contribution in [3.05, 3.63) is 56.1 Å². The summed E-state index contributed by atoms with van der Waals surface area (Å²) in [5, 5.41) is 5.45. The van der Waals surface area contributed by atoms with Crippen LogP contribution < -0.4 is 10.9 Å². The van der Waals surface area contributed by atoms with Crippen LogP contribution in [-0.2, 0) is 6.42 Å². The first-order chi connectivity index (χ1) is 14.1. The fraction of sp³-hybridized carbons (Fsp3) is 0.565. The minimum absolute atomic E-state index is 0.0633. The van der Waals surface area contributed by atoms with Gasteiger partial charge in [-0.05, 0) is 88.0 Å². The van der Waals surface area contributed by atoms with Crippen LogP contribution in [0, 0.1) is 6.92 Å². The minimum Gasteiger partial charge on any atom is -0.335 e. The van der Waals surface area contributed by atoms with Gasteiger partial charge in [-0.3, -0.25) is 9.59 Å². The highest BCUT2D eigenvalue weighted by molar-refractivity contribution is 7.09. The fourth-order valence-electron chi connectivity index (χ4n) is 4.75. The molecule has 2 aliphatic heterocycles. The molecule has 0 aliphatic carbocycles. The molecule has 0 bridgehead atoms. The molecule has 4 rings (SSSR count). The van der Waals surface area contributed by atoms with Crippen LogP contribution in [0.15, 0.2) is 34.6 Å². The molecule has 5 nitrogen and oxygen atoms in total. The van der Waals surface area contributed by atoms with Crippen LogP contribution in [0.25, 0.3) is 0 Å². The fourth-order valence-corrected chi connectivity index (χ4v) is 5.47. The number of pyridine rings is 1. The first-order valence-corrected chi connectivity index (χ1v) is 11.8. The number of nitrogens with zero attached hydrogens (tertiary/aromatic N) is 2. The number of hydrogen-bond donors (Lipinski definition) is 1. The first kappa shape index (κ1) is 20.4. The van der Waals surface area contributed by atoms with Crippen LogP contribution in [-0.4, -0.2) is 41.1 Å². The zero-order valence-electron chi connectivity index (χ0n) is 17.2. The molecule has 156 valence electrons. The second-order valence-corrected chi connectivity index (χ2v) is 9.37. The van der Waals surface area contributed by atoms with Crippen LogP contribution >= 0.6 is 11.3 Å². The van der Waals surface area contributed by atoms with E-state index < -0.39 is 0 Å². The second kappa shape index (κ2) is 9.26. The third kappa shape index (κ3) is 4.48. The van der Waals surface area contributed by atoms with Gasteiger partial charge >= 0.3 is 0 Å². The van der Waals surface area contributed by atoms with E-state index in [4.69, 9.17) is 0 Å². The number of hydrogen-bond acceptors (Lipinski definition) is 4. The topological polar surface area (TPSA) is 54.3 Å².